The molecule has 41 heavy (non-hydrogen) atoms. The zero-order valence-electron chi connectivity index (χ0n) is 23.2. The number of carbonyl (C=O) groups excluding carboxylic acids is 4. The first kappa shape index (κ1) is 31.6. The van der Waals surface area contributed by atoms with Crippen LogP contribution in [0.3, 0.4) is 0 Å². The number of anilines is 1. The highest BCUT2D eigenvalue weighted by Crippen LogP contribution is 2.28. The molecule has 0 bridgehead atoms. The number of nitrogens with one attached hydrogen (secondary N) is 1. The molecule has 0 aromatic heterocycles. The Kier molecular flexibility index (Phi) is 10.9. The van der Waals surface area contributed by atoms with E-state index in [1.54, 1.807) is 19.9 Å². The van der Waals surface area contributed by atoms with E-state index < -0.39 is 35.8 Å². The van der Waals surface area contributed by atoms with Crippen LogP contribution in [0.5, 0.6) is 0 Å². The van der Waals surface area contributed by atoms with E-state index in [1.165, 1.54) is 19.1 Å². The number of rotatable bonds is 10. The second-order valence-electron chi connectivity index (χ2n) is 10.1. The number of carbonyl (C=O) groups is 4. The van der Waals surface area contributed by atoms with Gasteiger partial charge in [0, 0.05) is 37.4 Å². The molecule has 2 amide bonds. The molecule has 0 radical (unpaired) electrons. The van der Waals surface area contributed by atoms with Crippen molar-refractivity contribution in [2.45, 2.75) is 59.0 Å². The molecule has 0 saturated heterocycles. The lowest BCUT2D eigenvalue weighted by Gasteiger charge is -2.26. The molecule has 0 atom stereocenters. The van der Waals surface area contributed by atoms with Crippen LogP contribution in [0, 0.1) is 17.6 Å². The number of ketones is 2. The van der Waals surface area contributed by atoms with Gasteiger partial charge in [-0.25, -0.2) is 8.78 Å². The van der Waals surface area contributed by atoms with Crippen LogP contribution in [-0.4, -0.2) is 46.6 Å². The molecule has 2 aromatic rings. The van der Waals surface area contributed by atoms with Crippen LogP contribution in [-0.2, 0) is 20.9 Å². The topological polar surface area (TPSA) is 122 Å². The number of nitrogens with zero attached hydrogens (tertiary/aromatic N) is 2. The van der Waals surface area contributed by atoms with Gasteiger partial charge < -0.3 is 16.0 Å². The second kappa shape index (κ2) is 14.1. The molecule has 0 spiro atoms. The van der Waals surface area contributed by atoms with Gasteiger partial charge in [0.2, 0.25) is 5.91 Å². The Morgan fingerprint density at radius 1 is 1.05 bits per heavy atom. The molecule has 0 heterocycles. The third kappa shape index (κ3) is 8.53. The average Bonchev–Trinajstić information content (AvgIpc) is 2.88. The van der Waals surface area contributed by atoms with E-state index in [0.29, 0.717) is 37.5 Å². The van der Waals surface area contributed by atoms with Crippen molar-refractivity contribution in [3.8, 4) is 0 Å². The van der Waals surface area contributed by atoms with E-state index in [9.17, 15) is 28.0 Å². The molecule has 3 N–H and O–H groups in total. The van der Waals surface area contributed by atoms with E-state index in [1.807, 2.05) is 0 Å². The lowest BCUT2D eigenvalue weighted by Crippen LogP contribution is -2.38. The van der Waals surface area contributed by atoms with E-state index in [-0.39, 0.29) is 51.7 Å². The van der Waals surface area contributed by atoms with Crippen LogP contribution in [0.2, 0.25) is 5.02 Å². The summed E-state index contributed by atoms with van der Waals surface area (Å²) in [5.74, 6) is -3.25. The maximum atomic E-state index is 14.0. The van der Waals surface area contributed by atoms with E-state index in [0.717, 1.165) is 23.2 Å². The lowest BCUT2D eigenvalue weighted by molar-refractivity contribution is -0.126. The van der Waals surface area contributed by atoms with Gasteiger partial charge >= 0.3 is 0 Å². The molecule has 1 aliphatic carbocycles. The van der Waals surface area contributed by atoms with Gasteiger partial charge in [-0.2, -0.15) is 0 Å². The number of Topliss-reactive ketones (excluding diaryl/α,β-unsaturated/α-hetero) is 2. The van der Waals surface area contributed by atoms with E-state index in [4.69, 9.17) is 17.3 Å². The van der Waals surface area contributed by atoms with Crippen molar-refractivity contribution in [1.29, 1.82) is 0 Å². The number of hydrogen-bond donors (Lipinski definition) is 2. The molecule has 8 nitrogen and oxygen atoms in total. The Morgan fingerprint density at radius 2 is 1.68 bits per heavy atom. The summed E-state index contributed by atoms with van der Waals surface area (Å²) < 4.78 is 28.0. The Bertz CT molecular complexity index is 1380. The Balaban J connectivity index is 1.93. The molecule has 0 unspecified atom stereocenters. The average molecular weight is 587 g/mol. The first-order chi connectivity index (χ1) is 19.4. The first-order valence-electron chi connectivity index (χ1n) is 13.2. The summed E-state index contributed by atoms with van der Waals surface area (Å²) >= 11 is 6.30. The van der Waals surface area contributed by atoms with Gasteiger partial charge in [-0.05, 0) is 69.4 Å². The smallest absolute Gasteiger partial charge is 0.257 e. The van der Waals surface area contributed by atoms with Crippen molar-refractivity contribution in [1.82, 2.24) is 4.90 Å². The molecule has 218 valence electrons. The van der Waals surface area contributed by atoms with E-state index in [2.05, 4.69) is 10.3 Å². The molecule has 11 heteroatoms. The van der Waals surface area contributed by atoms with Crippen molar-refractivity contribution in [3.05, 3.63) is 76.0 Å². The normalized spacial score (nSPS) is 17.6. The van der Waals surface area contributed by atoms with Crippen LogP contribution >= 0.6 is 11.6 Å². The van der Waals surface area contributed by atoms with E-state index >= 15 is 0 Å². The van der Waals surface area contributed by atoms with Crippen LogP contribution in [0.15, 0.2) is 53.2 Å². The third-order valence-corrected chi connectivity index (χ3v) is 7.27. The first-order valence-corrected chi connectivity index (χ1v) is 13.6. The number of amides is 2. The van der Waals surface area contributed by atoms with Crippen LogP contribution in [0.1, 0.15) is 62.4 Å². The molecule has 3 rings (SSSR count). The van der Waals surface area contributed by atoms with Gasteiger partial charge in [0.25, 0.3) is 5.91 Å². The zero-order chi connectivity index (χ0) is 30.3. The highest BCUT2D eigenvalue weighted by molar-refractivity contribution is 6.35. The van der Waals surface area contributed by atoms with Crippen LogP contribution in [0.4, 0.5) is 14.5 Å². The SMILES string of the molecule is CC(=O)Nc1cccc(Cl)c1C(=O)CN(Cc1cc(F)cc(F)c1)C(=O)C(=CN)C(C)=NC1CCC(C(C)=O)CC1. The molecule has 1 saturated carbocycles. The summed E-state index contributed by atoms with van der Waals surface area (Å²) in [6, 6.07) is 7.24. The summed E-state index contributed by atoms with van der Waals surface area (Å²) in [5, 5.41) is 2.61. The Morgan fingerprint density at radius 3 is 2.24 bits per heavy atom. The minimum atomic E-state index is -0.841. The minimum Gasteiger partial charge on any atom is -0.404 e. The fourth-order valence-corrected chi connectivity index (χ4v) is 5.23. The fraction of sp³-hybridized carbons (Fsp3) is 0.367. The second-order valence-corrected chi connectivity index (χ2v) is 10.5. The van der Waals surface area contributed by atoms with Crippen LogP contribution in [0.25, 0.3) is 0 Å². The lowest BCUT2D eigenvalue weighted by atomic mass is 9.84. The van der Waals surface area contributed by atoms with Crippen molar-refractivity contribution in [2.75, 3.05) is 11.9 Å². The van der Waals surface area contributed by atoms with Gasteiger partial charge in [-0.1, -0.05) is 17.7 Å². The predicted octanol–water partition coefficient (Wildman–Crippen LogP) is 5.24. The number of aliphatic imine (C=N–C) groups is 1. The number of halogens is 3. The number of hydrogen-bond acceptors (Lipinski definition) is 6. The van der Waals surface area contributed by atoms with Gasteiger partial charge in [-0.15, -0.1) is 0 Å². The molecular formula is C30H33ClF2N4O4. The van der Waals surface area contributed by atoms with Crippen molar-refractivity contribution in [2.24, 2.45) is 16.6 Å². The molecule has 1 aliphatic rings. The zero-order valence-corrected chi connectivity index (χ0v) is 23.9. The summed E-state index contributed by atoms with van der Waals surface area (Å²) in [7, 11) is 0. The largest absolute Gasteiger partial charge is 0.404 e. The molecule has 0 aliphatic heterocycles. The Hall–Kier alpha value is -3.92. The third-order valence-electron chi connectivity index (χ3n) is 6.96. The van der Waals surface area contributed by atoms with Crippen molar-refractivity contribution in [3.63, 3.8) is 0 Å². The summed E-state index contributed by atoms with van der Waals surface area (Å²) in [6.45, 7) is 3.61. The molecular weight excluding hydrogens is 554 g/mol. The van der Waals surface area contributed by atoms with Crippen molar-refractivity contribution < 1.29 is 28.0 Å². The maximum Gasteiger partial charge on any atom is 0.257 e. The van der Waals surface area contributed by atoms with Gasteiger partial charge in [0.05, 0.1) is 34.4 Å². The summed E-state index contributed by atoms with van der Waals surface area (Å²) in [4.78, 5) is 56.5. The standard InChI is InChI=1S/C30H33ClF2N4O4/c1-17(35-24-9-7-21(8-10-24)18(2)38)25(14-34)30(41)37(15-20-11-22(32)13-23(33)12-20)16-28(40)29-26(31)5-4-6-27(29)36-19(3)39/h4-6,11-14,21,24H,7-10,15-16,34H2,1-3H3,(H,36,39). The molecule has 1 fully saturated rings. The highest BCUT2D eigenvalue weighted by Gasteiger charge is 2.28. The minimum absolute atomic E-state index is 0.00766. The maximum absolute atomic E-state index is 14.0. The van der Waals surface area contributed by atoms with Crippen molar-refractivity contribution >= 4 is 46.4 Å². The quantitative estimate of drug-likeness (QED) is 0.224. The van der Waals surface area contributed by atoms with Gasteiger partial charge in [0.15, 0.2) is 5.78 Å². The number of benzene rings is 2. The van der Waals surface area contributed by atoms with Gasteiger partial charge in [0.1, 0.15) is 17.4 Å². The number of nitrogens with two attached hydrogens (primary N) is 1. The predicted molar refractivity (Wildman–Crippen MR) is 154 cm³/mol. The Labute approximate surface area is 242 Å². The fourth-order valence-electron chi connectivity index (χ4n) is 4.95. The monoisotopic (exact) mass is 586 g/mol. The molecule has 2 aromatic carbocycles. The highest BCUT2D eigenvalue weighted by atomic mass is 35.5. The van der Waals surface area contributed by atoms with Crippen LogP contribution < -0.4 is 11.1 Å². The summed E-state index contributed by atoms with van der Waals surface area (Å²) in [6.07, 6.45) is 3.84. The summed E-state index contributed by atoms with van der Waals surface area (Å²) in [5.41, 5.74) is 6.47. The van der Waals surface area contributed by atoms with Gasteiger partial charge in [-0.3, -0.25) is 24.2 Å².